The Morgan fingerprint density at radius 1 is 1.04 bits per heavy atom. The van der Waals surface area contributed by atoms with E-state index in [0.29, 0.717) is 5.92 Å². The van der Waals surface area contributed by atoms with Gasteiger partial charge in [0.15, 0.2) is 0 Å². The monoisotopic (exact) mass is 347 g/mol. The van der Waals surface area contributed by atoms with E-state index in [1.165, 1.54) is 63.5 Å². The van der Waals surface area contributed by atoms with Crippen molar-refractivity contribution in [3.63, 3.8) is 0 Å². The molecule has 0 amide bonds. The van der Waals surface area contributed by atoms with Crippen molar-refractivity contribution in [1.82, 2.24) is 0 Å². The molecule has 1 aromatic rings. The van der Waals surface area contributed by atoms with Crippen LogP contribution in [0.1, 0.15) is 82.6 Å². The molecule has 2 fully saturated rings. The van der Waals surface area contributed by atoms with Gasteiger partial charge in [0.05, 0.1) is 4.92 Å². The molecule has 0 saturated heterocycles. The maximum atomic E-state index is 13.9. The molecule has 2 saturated carbocycles. The Labute approximate surface area is 150 Å². The highest BCUT2D eigenvalue weighted by molar-refractivity contribution is 5.36. The topological polar surface area (TPSA) is 43.1 Å². The van der Waals surface area contributed by atoms with Gasteiger partial charge in [-0.15, -0.1) is 0 Å². The van der Waals surface area contributed by atoms with E-state index in [1.807, 2.05) is 0 Å². The van der Waals surface area contributed by atoms with Crippen LogP contribution >= 0.6 is 0 Å². The van der Waals surface area contributed by atoms with Crippen LogP contribution in [-0.2, 0) is 0 Å². The van der Waals surface area contributed by atoms with Gasteiger partial charge in [0.1, 0.15) is 0 Å². The highest BCUT2D eigenvalue weighted by Gasteiger charge is 2.31. The van der Waals surface area contributed by atoms with Crippen molar-refractivity contribution in [2.24, 2.45) is 17.8 Å². The summed E-state index contributed by atoms with van der Waals surface area (Å²) >= 11 is 0. The standard InChI is InChI=1S/C21H30FNO2/c1-2-3-15-4-6-16(7-5-15)17-8-10-18(11-9-17)19-12-13-21(23(24)25)20(22)14-19/h12-18H,2-11H2,1H3/t15-,16-,17?,18?. The Kier molecular flexibility index (Phi) is 6.08. The number of hydrogen-bond acceptors (Lipinski definition) is 2. The van der Waals surface area contributed by atoms with Gasteiger partial charge in [0.25, 0.3) is 0 Å². The molecule has 0 bridgehead atoms. The van der Waals surface area contributed by atoms with Gasteiger partial charge in [-0.25, -0.2) is 0 Å². The van der Waals surface area contributed by atoms with E-state index in [9.17, 15) is 14.5 Å². The van der Waals surface area contributed by atoms with Crippen LogP contribution < -0.4 is 0 Å². The van der Waals surface area contributed by atoms with E-state index in [2.05, 4.69) is 6.92 Å². The molecule has 4 heteroatoms. The molecule has 2 aliphatic carbocycles. The quantitative estimate of drug-likeness (QED) is 0.444. The van der Waals surface area contributed by atoms with Crippen molar-refractivity contribution in [3.8, 4) is 0 Å². The van der Waals surface area contributed by atoms with Crippen LogP contribution in [0.15, 0.2) is 18.2 Å². The Bertz CT molecular complexity index is 588. The van der Waals surface area contributed by atoms with Crippen molar-refractivity contribution >= 4 is 5.69 Å². The van der Waals surface area contributed by atoms with Crippen LogP contribution in [0.5, 0.6) is 0 Å². The largest absolute Gasteiger partial charge is 0.304 e. The lowest BCUT2D eigenvalue weighted by molar-refractivity contribution is -0.387. The zero-order chi connectivity index (χ0) is 17.8. The van der Waals surface area contributed by atoms with E-state index in [-0.39, 0.29) is 0 Å². The number of halogens is 1. The Balaban J connectivity index is 1.52. The lowest BCUT2D eigenvalue weighted by atomic mass is 9.68. The SMILES string of the molecule is CCC[C@H]1CC[C@H](C2CCC(c3ccc([N+](=O)[O-])c(F)c3)CC2)CC1. The first-order valence-corrected chi connectivity index (χ1v) is 10.0. The van der Waals surface area contributed by atoms with Crippen molar-refractivity contribution in [3.05, 3.63) is 39.7 Å². The minimum atomic E-state index is -0.695. The summed E-state index contributed by atoms with van der Waals surface area (Å²) in [5.41, 5.74) is 0.523. The summed E-state index contributed by atoms with van der Waals surface area (Å²) in [6.07, 6.45) is 13.0. The van der Waals surface area contributed by atoms with Crippen molar-refractivity contribution in [2.75, 3.05) is 0 Å². The molecule has 0 N–H and O–H groups in total. The molecule has 0 aromatic heterocycles. The maximum absolute atomic E-state index is 13.9. The summed E-state index contributed by atoms with van der Waals surface area (Å²) < 4.78 is 13.9. The molecular formula is C21H30FNO2. The smallest absolute Gasteiger partial charge is 0.258 e. The first kappa shape index (κ1) is 18.3. The molecule has 0 atom stereocenters. The molecule has 3 rings (SSSR count). The molecule has 3 nitrogen and oxygen atoms in total. The van der Waals surface area contributed by atoms with Gasteiger partial charge in [0.2, 0.25) is 5.82 Å². The summed E-state index contributed by atoms with van der Waals surface area (Å²) in [5, 5.41) is 10.8. The van der Waals surface area contributed by atoms with Gasteiger partial charge in [-0.2, -0.15) is 4.39 Å². The van der Waals surface area contributed by atoms with Gasteiger partial charge >= 0.3 is 5.69 Å². The third-order valence-electron chi connectivity index (χ3n) is 6.67. The zero-order valence-electron chi connectivity index (χ0n) is 15.3. The predicted molar refractivity (Wildman–Crippen MR) is 98.1 cm³/mol. The minimum Gasteiger partial charge on any atom is -0.258 e. The van der Waals surface area contributed by atoms with Crippen LogP contribution in [0.2, 0.25) is 0 Å². The number of nitro groups is 1. The first-order chi connectivity index (χ1) is 12.1. The van der Waals surface area contributed by atoms with E-state index in [4.69, 9.17) is 0 Å². The summed E-state index contributed by atoms with van der Waals surface area (Å²) in [4.78, 5) is 10.1. The highest BCUT2D eigenvalue weighted by Crippen LogP contribution is 2.44. The van der Waals surface area contributed by atoms with Crippen LogP contribution in [0.25, 0.3) is 0 Å². The van der Waals surface area contributed by atoms with E-state index >= 15 is 0 Å². The summed E-state index contributed by atoms with van der Waals surface area (Å²) in [5.74, 6) is 2.35. The van der Waals surface area contributed by atoms with Crippen molar-refractivity contribution in [2.45, 2.75) is 77.0 Å². The highest BCUT2D eigenvalue weighted by atomic mass is 19.1. The Morgan fingerprint density at radius 2 is 1.64 bits per heavy atom. The fraction of sp³-hybridized carbons (Fsp3) is 0.714. The second-order valence-corrected chi connectivity index (χ2v) is 8.15. The molecule has 2 aliphatic rings. The first-order valence-electron chi connectivity index (χ1n) is 10.0. The average Bonchev–Trinajstić information content (AvgIpc) is 2.62. The number of benzene rings is 1. The molecule has 0 radical (unpaired) electrons. The number of nitro benzene ring substituents is 1. The fourth-order valence-corrected chi connectivity index (χ4v) is 5.21. The van der Waals surface area contributed by atoms with Gasteiger partial charge in [0, 0.05) is 6.07 Å². The Morgan fingerprint density at radius 3 is 2.16 bits per heavy atom. The molecule has 0 unspecified atom stereocenters. The second-order valence-electron chi connectivity index (χ2n) is 8.15. The average molecular weight is 347 g/mol. The second kappa shape index (κ2) is 8.29. The maximum Gasteiger partial charge on any atom is 0.304 e. The predicted octanol–water partition coefficient (Wildman–Crippen LogP) is 6.61. The number of hydrogen-bond donors (Lipinski definition) is 0. The van der Waals surface area contributed by atoms with E-state index in [1.54, 1.807) is 6.07 Å². The molecule has 0 spiro atoms. The number of nitrogens with zero attached hydrogens (tertiary/aromatic N) is 1. The third kappa shape index (κ3) is 4.39. The molecule has 0 heterocycles. The van der Waals surface area contributed by atoms with Crippen molar-refractivity contribution < 1.29 is 9.31 Å². The van der Waals surface area contributed by atoms with Crippen LogP contribution in [0.3, 0.4) is 0 Å². The summed E-state index contributed by atoms with van der Waals surface area (Å²) in [6.45, 7) is 2.29. The van der Waals surface area contributed by atoms with Gasteiger partial charge in [-0.05, 0) is 73.8 Å². The van der Waals surface area contributed by atoms with Gasteiger partial charge in [-0.3, -0.25) is 10.1 Å². The molecule has 138 valence electrons. The van der Waals surface area contributed by atoms with Gasteiger partial charge < -0.3 is 0 Å². The molecular weight excluding hydrogens is 317 g/mol. The lowest BCUT2D eigenvalue weighted by Gasteiger charge is -2.38. The van der Waals surface area contributed by atoms with E-state index < -0.39 is 16.4 Å². The lowest BCUT2D eigenvalue weighted by Crippen LogP contribution is -2.25. The van der Waals surface area contributed by atoms with E-state index in [0.717, 1.165) is 36.2 Å². The third-order valence-corrected chi connectivity index (χ3v) is 6.67. The number of rotatable bonds is 5. The molecule has 0 aliphatic heterocycles. The Hall–Kier alpha value is -1.45. The van der Waals surface area contributed by atoms with Crippen molar-refractivity contribution in [1.29, 1.82) is 0 Å². The normalized spacial score (nSPS) is 30.2. The van der Waals surface area contributed by atoms with Crippen LogP contribution in [0.4, 0.5) is 10.1 Å². The molecule has 1 aromatic carbocycles. The van der Waals surface area contributed by atoms with Crippen LogP contribution in [0, 0.1) is 33.7 Å². The molecule has 25 heavy (non-hydrogen) atoms. The van der Waals surface area contributed by atoms with Gasteiger partial charge in [-0.1, -0.05) is 38.7 Å². The summed E-state index contributed by atoms with van der Waals surface area (Å²) in [7, 11) is 0. The van der Waals surface area contributed by atoms with Crippen LogP contribution in [-0.4, -0.2) is 4.92 Å². The zero-order valence-corrected chi connectivity index (χ0v) is 15.3. The summed E-state index contributed by atoms with van der Waals surface area (Å²) in [6, 6.07) is 4.47. The fourth-order valence-electron chi connectivity index (χ4n) is 5.21. The minimum absolute atomic E-state index is 0.364.